The van der Waals surface area contributed by atoms with Gasteiger partial charge in [0.2, 0.25) is 6.34 Å². The van der Waals surface area contributed by atoms with Gasteiger partial charge >= 0.3 is 5.91 Å². The van der Waals surface area contributed by atoms with Crippen LogP contribution in [-0.4, -0.2) is 77.5 Å². The summed E-state index contributed by atoms with van der Waals surface area (Å²) in [4.78, 5) is 2.44. The summed E-state index contributed by atoms with van der Waals surface area (Å²) in [5, 5.41) is 0. The minimum Gasteiger partial charge on any atom is -1.00 e. The van der Waals surface area contributed by atoms with Gasteiger partial charge in [-0.05, 0) is 39.7 Å². The highest BCUT2D eigenvalue weighted by atomic mass is 79.9. The van der Waals surface area contributed by atoms with Crippen LogP contribution < -0.4 is 17.0 Å². The molecule has 0 aromatic rings. The Labute approximate surface area is 206 Å². The van der Waals surface area contributed by atoms with Crippen molar-refractivity contribution in [3.63, 3.8) is 0 Å². The highest BCUT2D eigenvalue weighted by Crippen LogP contribution is 2.26. The van der Waals surface area contributed by atoms with Crippen LogP contribution in [-0.2, 0) is 14.2 Å². The Morgan fingerprint density at radius 3 is 1.90 bits per heavy atom. The van der Waals surface area contributed by atoms with E-state index in [0.717, 1.165) is 35.9 Å². The Morgan fingerprint density at radius 1 is 0.871 bits per heavy atom. The number of nitrogens with zero attached hydrogens (tertiary/aromatic N) is 2. The predicted molar refractivity (Wildman–Crippen MR) is 131 cm³/mol. The zero-order chi connectivity index (χ0) is 22.1. The van der Waals surface area contributed by atoms with Gasteiger partial charge in [0.15, 0.2) is 6.10 Å². The Morgan fingerprint density at radius 2 is 1.42 bits per heavy atom. The smallest absolute Gasteiger partial charge is 0.349 e. The summed E-state index contributed by atoms with van der Waals surface area (Å²) in [6, 6.07) is 0.997. The van der Waals surface area contributed by atoms with Crippen molar-refractivity contribution in [2.75, 3.05) is 39.5 Å². The van der Waals surface area contributed by atoms with Gasteiger partial charge in [-0.15, -0.1) is 0 Å². The molecule has 0 amide bonds. The lowest BCUT2D eigenvalue weighted by Gasteiger charge is -2.37. The van der Waals surface area contributed by atoms with Crippen molar-refractivity contribution in [3.8, 4) is 0 Å². The quantitative estimate of drug-likeness (QED) is 0.104. The molecule has 0 N–H and O–H groups in total. The molecule has 31 heavy (non-hydrogen) atoms. The van der Waals surface area contributed by atoms with Gasteiger partial charge in [-0.3, -0.25) is 4.90 Å². The van der Waals surface area contributed by atoms with Gasteiger partial charge in [0.25, 0.3) is 0 Å². The second kappa shape index (κ2) is 19.5. The number of hydrogen-bond acceptors (Lipinski definition) is 4. The van der Waals surface area contributed by atoms with E-state index in [4.69, 9.17) is 14.2 Å². The Kier molecular flexibility index (Phi) is 19.5. The summed E-state index contributed by atoms with van der Waals surface area (Å²) in [5.74, 6) is -0.784. The first kappa shape index (κ1) is 31.0. The first-order chi connectivity index (χ1) is 14.7. The third kappa shape index (κ3) is 11.1. The van der Waals surface area contributed by atoms with Crippen molar-refractivity contribution in [1.29, 1.82) is 0 Å². The molecule has 1 aliphatic rings. The number of unbranched alkanes of at least 4 members (excludes halogenated alkanes) is 9. The van der Waals surface area contributed by atoms with E-state index in [-0.39, 0.29) is 23.1 Å². The maximum absolute atomic E-state index is 6.26. The Hall–Kier alpha value is 0.0469. The summed E-state index contributed by atoms with van der Waals surface area (Å²) < 4.78 is 20.9. The fraction of sp³-hybridized carbons (Fsp3) is 0.958. The van der Waals surface area contributed by atoms with Gasteiger partial charge in [0, 0.05) is 16.8 Å². The fourth-order valence-corrected chi connectivity index (χ4v) is 5.18. The molecular formula is C24H51BrN2O3Si. The molecule has 1 rings (SSSR count). The van der Waals surface area contributed by atoms with Crippen LogP contribution in [0.5, 0.6) is 0 Å². The van der Waals surface area contributed by atoms with E-state index in [1.807, 2.05) is 13.8 Å². The van der Waals surface area contributed by atoms with Crippen molar-refractivity contribution >= 4 is 16.6 Å². The molecule has 0 radical (unpaired) electrons. The SMILES string of the molecule is CCCCCCCCCCCCN1C=[N+](C(OCC)(OCC)C(C[SiH3])OCC)CC1.[Br-]. The molecule has 0 saturated heterocycles. The van der Waals surface area contributed by atoms with E-state index in [1.165, 1.54) is 64.2 Å². The summed E-state index contributed by atoms with van der Waals surface area (Å²) in [6.45, 7) is 13.4. The average Bonchev–Trinajstić information content (AvgIpc) is 3.22. The van der Waals surface area contributed by atoms with Gasteiger partial charge in [-0.1, -0.05) is 58.3 Å². The van der Waals surface area contributed by atoms with Gasteiger partial charge in [0.1, 0.15) is 13.1 Å². The zero-order valence-electron chi connectivity index (χ0n) is 21.2. The Balaban J connectivity index is 0.00000900. The molecule has 1 aliphatic heterocycles. The van der Waals surface area contributed by atoms with Crippen LogP contribution in [0.15, 0.2) is 0 Å². The first-order valence-corrected chi connectivity index (χ1v) is 14.3. The molecule has 0 aliphatic carbocycles. The lowest BCUT2D eigenvalue weighted by Crippen LogP contribution is -3.00. The summed E-state index contributed by atoms with van der Waals surface area (Å²) in [5.41, 5.74) is 0. The molecule has 1 heterocycles. The van der Waals surface area contributed by atoms with E-state index >= 15 is 0 Å². The largest absolute Gasteiger partial charge is 1.00 e. The minimum absolute atomic E-state index is 0. The topological polar surface area (TPSA) is 33.9 Å². The lowest BCUT2D eigenvalue weighted by atomic mass is 10.1. The van der Waals surface area contributed by atoms with Crippen molar-refractivity contribution < 1.29 is 35.8 Å². The van der Waals surface area contributed by atoms with Crippen molar-refractivity contribution in [2.24, 2.45) is 0 Å². The molecule has 1 unspecified atom stereocenters. The second-order valence-corrected chi connectivity index (χ2v) is 9.19. The summed E-state index contributed by atoms with van der Waals surface area (Å²) in [7, 11) is 1.06. The van der Waals surface area contributed by atoms with Crippen LogP contribution in [0.4, 0.5) is 0 Å². The molecular weight excluding hydrogens is 472 g/mol. The molecule has 7 heteroatoms. The van der Waals surface area contributed by atoms with Crippen LogP contribution in [0.25, 0.3) is 0 Å². The van der Waals surface area contributed by atoms with Crippen LogP contribution in [0, 0.1) is 0 Å². The molecule has 0 aromatic heterocycles. The minimum atomic E-state index is -0.784. The van der Waals surface area contributed by atoms with Crippen LogP contribution in [0.3, 0.4) is 0 Å². The number of hydrogen-bond donors (Lipinski definition) is 0. The van der Waals surface area contributed by atoms with E-state index in [0.29, 0.717) is 19.8 Å². The molecule has 1 atom stereocenters. The van der Waals surface area contributed by atoms with Crippen LogP contribution in [0.1, 0.15) is 91.9 Å². The van der Waals surface area contributed by atoms with E-state index < -0.39 is 5.91 Å². The number of rotatable bonds is 20. The third-order valence-corrected chi connectivity index (χ3v) is 6.72. The molecule has 0 fully saturated rings. The highest BCUT2D eigenvalue weighted by molar-refractivity contribution is 6.08. The number of halogens is 1. The first-order valence-electron chi connectivity index (χ1n) is 12.9. The van der Waals surface area contributed by atoms with Crippen molar-refractivity contribution in [3.05, 3.63) is 0 Å². The summed E-state index contributed by atoms with van der Waals surface area (Å²) >= 11 is 0. The highest BCUT2D eigenvalue weighted by Gasteiger charge is 2.50. The van der Waals surface area contributed by atoms with E-state index in [2.05, 4.69) is 29.7 Å². The molecule has 186 valence electrons. The normalized spacial score (nSPS) is 15.2. The summed E-state index contributed by atoms with van der Waals surface area (Å²) in [6.07, 6.45) is 16.0. The molecule has 0 saturated carbocycles. The maximum atomic E-state index is 6.26. The van der Waals surface area contributed by atoms with Gasteiger partial charge in [-0.2, -0.15) is 0 Å². The lowest BCUT2D eigenvalue weighted by molar-refractivity contribution is -0.723. The number of ether oxygens (including phenoxy) is 3. The maximum Gasteiger partial charge on any atom is 0.349 e. The average molecular weight is 524 g/mol. The monoisotopic (exact) mass is 522 g/mol. The van der Waals surface area contributed by atoms with E-state index in [1.54, 1.807) is 0 Å². The van der Waals surface area contributed by atoms with Crippen LogP contribution >= 0.6 is 0 Å². The van der Waals surface area contributed by atoms with Crippen molar-refractivity contribution in [2.45, 2.75) is 110 Å². The molecule has 0 spiro atoms. The van der Waals surface area contributed by atoms with Gasteiger partial charge in [-0.25, -0.2) is 4.58 Å². The van der Waals surface area contributed by atoms with Gasteiger partial charge < -0.3 is 31.2 Å². The molecule has 0 aromatic carbocycles. The Bertz CT molecular complexity index is 449. The van der Waals surface area contributed by atoms with E-state index in [9.17, 15) is 0 Å². The van der Waals surface area contributed by atoms with Crippen LogP contribution in [0.2, 0.25) is 6.04 Å². The fourth-order valence-electron chi connectivity index (χ4n) is 4.43. The predicted octanol–water partition coefficient (Wildman–Crippen LogP) is 1.18. The standard InChI is InChI=1S/C24H51N2O3Si.BrH/c1-5-9-10-11-12-13-14-15-16-17-18-25-19-20-26(22-25)24(28-7-3,29-8-4)23(21-30)27-6-2;/h22-23H,5-21H2,1-4,30H3;1H/q+1;/p-1. The molecule has 5 nitrogen and oxygen atoms in total. The van der Waals surface area contributed by atoms with Crippen molar-refractivity contribution in [1.82, 2.24) is 4.90 Å². The third-order valence-electron chi connectivity index (χ3n) is 5.98. The zero-order valence-corrected chi connectivity index (χ0v) is 24.8. The second-order valence-electron chi connectivity index (χ2n) is 8.38. The van der Waals surface area contributed by atoms with Gasteiger partial charge in [0.05, 0.1) is 19.8 Å². The molecule has 0 bridgehead atoms.